The van der Waals surface area contributed by atoms with Gasteiger partial charge in [-0.15, -0.1) is 0 Å². The fourth-order valence-corrected chi connectivity index (χ4v) is 2.48. The molecular formula is C19H19FN4O3. The number of hydrogen-bond acceptors (Lipinski definition) is 4. The minimum Gasteiger partial charge on any atom is -0.347 e. The number of nitriles is 1. The third-order valence-corrected chi connectivity index (χ3v) is 3.98. The summed E-state index contributed by atoms with van der Waals surface area (Å²) in [7, 11) is 1.59. The van der Waals surface area contributed by atoms with E-state index in [2.05, 4.69) is 10.6 Å². The van der Waals surface area contributed by atoms with E-state index in [0.717, 1.165) is 6.07 Å². The number of ketones is 1. The van der Waals surface area contributed by atoms with Crippen molar-refractivity contribution in [3.05, 3.63) is 52.6 Å². The lowest BCUT2D eigenvalue weighted by atomic mass is 10.1. The average molecular weight is 370 g/mol. The summed E-state index contributed by atoms with van der Waals surface area (Å²) < 4.78 is 14.9. The van der Waals surface area contributed by atoms with Crippen molar-refractivity contribution in [3.63, 3.8) is 0 Å². The Labute approximate surface area is 155 Å². The van der Waals surface area contributed by atoms with Crippen LogP contribution in [0.5, 0.6) is 0 Å². The largest absolute Gasteiger partial charge is 0.347 e. The van der Waals surface area contributed by atoms with Gasteiger partial charge in [0.1, 0.15) is 17.6 Å². The normalized spacial score (nSPS) is 10.4. The first-order valence-electron chi connectivity index (χ1n) is 8.18. The van der Waals surface area contributed by atoms with Gasteiger partial charge in [0.2, 0.25) is 0 Å². The molecule has 0 radical (unpaired) electrons. The Kier molecular flexibility index (Phi) is 5.75. The molecule has 0 saturated carbocycles. The molecular weight excluding hydrogens is 351 g/mol. The zero-order valence-electron chi connectivity index (χ0n) is 15.4. The second kappa shape index (κ2) is 7.83. The van der Waals surface area contributed by atoms with Crippen molar-refractivity contribution in [2.75, 3.05) is 5.32 Å². The van der Waals surface area contributed by atoms with E-state index in [4.69, 9.17) is 5.26 Å². The van der Waals surface area contributed by atoms with Gasteiger partial charge in [-0.2, -0.15) is 5.26 Å². The molecule has 2 N–H and O–H groups in total. The van der Waals surface area contributed by atoms with Crippen LogP contribution in [0.15, 0.2) is 24.3 Å². The van der Waals surface area contributed by atoms with Crippen LogP contribution in [-0.4, -0.2) is 28.2 Å². The Bertz CT molecular complexity index is 970. The van der Waals surface area contributed by atoms with E-state index >= 15 is 0 Å². The zero-order chi connectivity index (χ0) is 20.3. The van der Waals surface area contributed by atoms with Crippen LogP contribution in [0.1, 0.15) is 46.0 Å². The molecule has 0 atom stereocenters. The molecule has 1 aromatic heterocycles. The number of benzene rings is 1. The lowest BCUT2D eigenvalue weighted by molar-refractivity contribution is -0.117. The summed E-state index contributed by atoms with van der Waals surface area (Å²) >= 11 is 0. The Morgan fingerprint density at radius 3 is 2.48 bits per heavy atom. The molecule has 0 spiro atoms. The number of nitrogens with one attached hydrogen (secondary N) is 2. The molecule has 0 aliphatic heterocycles. The minimum atomic E-state index is -0.747. The molecule has 2 rings (SSSR count). The van der Waals surface area contributed by atoms with E-state index in [1.54, 1.807) is 33.9 Å². The molecule has 0 aliphatic carbocycles. The van der Waals surface area contributed by atoms with E-state index in [1.165, 1.54) is 22.8 Å². The topological polar surface area (TPSA) is 104 Å². The van der Waals surface area contributed by atoms with Crippen molar-refractivity contribution in [2.24, 2.45) is 7.05 Å². The summed E-state index contributed by atoms with van der Waals surface area (Å²) in [6.45, 7) is 5.10. The van der Waals surface area contributed by atoms with Gasteiger partial charge in [0, 0.05) is 30.0 Å². The molecule has 27 heavy (non-hydrogen) atoms. The first-order chi connectivity index (χ1) is 12.6. The number of anilines is 1. The third kappa shape index (κ3) is 4.20. The molecule has 1 heterocycles. The first-order valence-corrected chi connectivity index (χ1v) is 8.18. The van der Waals surface area contributed by atoms with Crippen molar-refractivity contribution in [3.8, 4) is 6.07 Å². The third-order valence-electron chi connectivity index (χ3n) is 3.98. The number of nitrogens with zero attached hydrogens (tertiary/aromatic N) is 2. The van der Waals surface area contributed by atoms with Crippen molar-refractivity contribution < 1.29 is 18.8 Å². The monoisotopic (exact) mass is 370 g/mol. The number of rotatable bonds is 5. The van der Waals surface area contributed by atoms with Crippen LogP contribution < -0.4 is 10.6 Å². The van der Waals surface area contributed by atoms with E-state index in [0.29, 0.717) is 5.69 Å². The summed E-state index contributed by atoms with van der Waals surface area (Å²) in [4.78, 5) is 36.8. The Morgan fingerprint density at radius 1 is 1.22 bits per heavy atom. The second-order valence-corrected chi connectivity index (χ2v) is 6.31. The van der Waals surface area contributed by atoms with Gasteiger partial charge in [-0.05, 0) is 45.0 Å². The highest BCUT2D eigenvalue weighted by atomic mass is 19.1. The molecule has 2 amide bonds. The summed E-state index contributed by atoms with van der Waals surface area (Å²) in [5.41, 5.74) is 0.772. The lowest BCUT2D eigenvalue weighted by Crippen LogP contribution is -2.36. The van der Waals surface area contributed by atoms with Crippen molar-refractivity contribution >= 4 is 23.3 Å². The van der Waals surface area contributed by atoms with Crippen LogP contribution in [0.3, 0.4) is 0 Å². The van der Waals surface area contributed by atoms with E-state index in [-0.39, 0.29) is 28.6 Å². The molecule has 1 aromatic carbocycles. The van der Waals surface area contributed by atoms with Gasteiger partial charge in [-0.25, -0.2) is 4.39 Å². The highest BCUT2D eigenvalue weighted by Crippen LogP contribution is 2.18. The fourth-order valence-electron chi connectivity index (χ4n) is 2.48. The Balaban J connectivity index is 2.29. The lowest BCUT2D eigenvalue weighted by Gasteiger charge is -2.08. The molecule has 8 heteroatoms. The predicted octanol–water partition coefficient (Wildman–Crippen LogP) is 2.30. The Morgan fingerprint density at radius 2 is 1.89 bits per heavy atom. The van der Waals surface area contributed by atoms with Gasteiger partial charge in [0.25, 0.3) is 17.6 Å². The number of Topliss-reactive ketones (excluding diaryl/α,β-unsaturated/α-hetero) is 1. The molecule has 140 valence electrons. The number of carbonyl (C=O) groups excluding carboxylic acids is 3. The Hall–Kier alpha value is -3.47. The van der Waals surface area contributed by atoms with Crippen LogP contribution in [-0.2, 0) is 11.8 Å². The zero-order valence-corrected chi connectivity index (χ0v) is 15.4. The highest BCUT2D eigenvalue weighted by molar-refractivity contribution is 6.43. The molecule has 7 nitrogen and oxygen atoms in total. The van der Waals surface area contributed by atoms with E-state index < -0.39 is 23.4 Å². The van der Waals surface area contributed by atoms with Crippen LogP contribution in [0.2, 0.25) is 0 Å². The molecule has 0 bridgehead atoms. The number of hydrogen-bond donors (Lipinski definition) is 2. The summed E-state index contributed by atoms with van der Waals surface area (Å²) in [6.07, 6.45) is 0. The summed E-state index contributed by atoms with van der Waals surface area (Å²) in [5, 5.41) is 13.9. The standard InChI is InChI=1S/C19H19FN4O3/c1-10(2)22-19(27)17(25)14-8-16(24(4)11(14)3)18(26)23-13-5-6-15(20)12(7-13)9-21/h5-8,10H,1-4H3,(H,22,27)(H,23,26). The maximum Gasteiger partial charge on any atom is 0.292 e. The quantitative estimate of drug-likeness (QED) is 0.622. The molecule has 0 unspecified atom stereocenters. The van der Waals surface area contributed by atoms with Crippen LogP contribution in [0, 0.1) is 24.1 Å². The summed E-state index contributed by atoms with van der Waals surface area (Å²) in [6, 6.07) is 6.45. The van der Waals surface area contributed by atoms with Crippen LogP contribution >= 0.6 is 0 Å². The van der Waals surface area contributed by atoms with E-state index in [9.17, 15) is 18.8 Å². The van der Waals surface area contributed by atoms with Crippen LogP contribution in [0.25, 0.3) is 0 Å². The van der Waals surface area contributed by atoms with Crippen LogP contribution in [0.4, 0.5) is 10.1 Å². The van der Waals surface area contributed by atoms with Crippen molar-refractivity contribution in [2.45, 2.75) is 26.8 Å². The average Bonchev–Trinajstić information content (AvgIpc) is 2.90. The smallest absolute Gasteiger partial charge is 0.292 e. The number of aromatic nitrogens is 1. The maximum absolute atomic E-state index is 13.4. The molecule has 2 aromatic rings. The highest BCUT2D eigenvalue weighted by Gasteiger charge is 2.24. The number of halogens is 1. The first kappa shape index (κ1) is 19.8. The second-order valence-electron chi connectivity index (χ2n) is 6.31. The number of amides is 2. The van der Waals surface area contributed by atoms with Gasteiger partial charge < -0.3 is 15.2 Å². The van der Waals surface area contributed by atoms with E-state index in [1.807, 2.05) is 0 Å². The molecule has 0 aliphatic rings. The fraction of sp³-hybridized carbons (Fsp3) is 0.263. The molecule has 0 saturated heterocycles. The van der Waals surface area contributed by atoms with Gasteiger partial charge >= 0.3 is 0 Å². The van der Waals surface area contributed by atoms with Crippen molar-refractivity contribution in [1.82, 2.24) is 9.88 Å². The molecule has 0 fully saturated rings. The minimum absolute atomic E-state index is 0.123. The number of carbonyl (C=O) groups is 3. The van der Waals surface area contributed by atoms with Gasteiger partial charge in [0.15, 0.2) is 0 Å². The van der Waals surface area contributed by atoms with Crippen molar-refractivity contribution in [1.29, 1.82) is 5.26 Å². The summed E-state index contributed by atoms with van der Waals surface area (Å²) in [5.74, 6) is -2.72. The SMILES string of the molecule is Cc1c(C(=O)C(=O)NC(C)C)cc(C(=O)Nc2ccc(F)c(C#N)c2)n1C. The maximum atomic E-state index is 13.4. The predicted molar refractivity (Wildman–Crippen MR) is 96.8 cm³/mol. The van der Waals surface area contributed by atoms with Gasteiger partial charge in [-0.1, -0.05) is 0 Å². The van der Waals surface area contributed by atoms with Gasteiger partial charge in [0.05, 0.1) is 5.56 Å². The van der Waals surface area contributed by atoms with Gasteiger partial charge in [-0.3, -0.25) is 14.4 Å².